The number of aliphatic carboxylic acids is 1. The number of ether oxygens (including phenoxy) is 1. The second-order valence-electron chi connectivity index (χ2n) is 4.48. The highest BCUT2D eigenvalue weighted by Gasteiger charge is 2.32. The molecular weight excluding hydrogens is 290 g/mol. The first kappa shape index (κ1) is 14.9. The summed E-state index contributed by atoms with van der Waals surface area (Å²) >= 11 is 0. The molecule has 0 bridgehead atoms. The van der Waals surface area contributed by atoms with Gasteiger partial charge in [0.15, 0.2) is 0 Å². The minimum Gasteiger partial charge on any atom is -0.480 e. The summed E-state index contributed by atoms with van der Waals surface area (Å²) in [6, 6.07) is 2.67. The van der Waals surface area contributed by atoms with Crippen LogP contribution in [0.4, 0.5) is 20.2 Å². The smallest absolute Gasteiger partial charge is 0.387 e. The van der Waals surface area contributed by atoms with Crippen LogP contribution in [-0.2, 0) is 4.79 Å². The van der Waals surface area contributed by atoms with E-state index in [-0.39, 0.29) is 0 Å². The molecule has 1 aromatic rings. The molecule has 114 valence electrons. The molecule has 1 aliphatic heterocycles. The number of halogens is 2. The minimum atomic E-state index is -3.20. The molecule has 21 heavy (non-hydrogen) atoms. The van der Waals surface area contributed by atoms with E-state index < -0.39 is 35.0 Å². The summed E-state index contributed by atoms with van der Waals surface area (Å²) in [6.07, 6.45) is 1.07. The fourth-order valence-corrected chi connectivity index (χ4v) is 2.36. The van der Waals surface area contributed by atoms with Gasteiger partial charge in [-0.15, -0.1) is 0 Å². The molecule has 0 aliphatic carbocycles. The second kappa shape index (κ2) is 5.90. The van der Waals surface area contributed by atoms with Crippen LogP contribution in [-0.4, -0.2) is 35.2 Å². The van der Waals surface area contributed by atoms with Crippen molar-refractivity contribution in [2.24, 2.45) is 0 Å². The third-order valence-electron chi connectivity index (χ3n) is 3.23. The molecule has 0 spiro atoms. The van der Waals surface area contributed by atoms with Crippen molar-refractivity contribution in [1.29, 1.82) is 0 Å². The van der Waals surface area contributed by atoms with Crippen LogP contribution in [0.25, 0.3) is 0 Å². The fourth-order valence-electron chi connectivity index (χ4n) is 2.36. The average molecular weight is 302 g/mol. The predicted octanol–water partition coefficient (Wildman–Crippen LogP) is 2.25. The van der Waals surface area contributed by atoms with Gasteiger partial charge in [0.2, 0.25) is 5.75 Å². The number of carboxylic acid groups (broad SMARTS) is 1. The zero-order valence-electron chi connectivity index (χ0n) is 10.7. The highest BCUT2D eigenvalue weighted by molar-refractivity contribution is 5.79. The number of anilines is 1. The van der Waals surface area contributed by atoms with E-state index in [9.17, 15) is 23.7 Å². The molecule has 1 N–H and O–H groups in total. The molecule has 0 unspecified atom stereocenters. The number of carboxylic acids is 1. The van der Waals surface area contributed by atoms with Crippen LogP contribution >= 0.6 is 0 Å². The molecule has 1 heterocycles. The number of hydrogen-bond donors (Lipinski definition) is 1. The molecule has 9 heteroatoms. The number of nitro benzene ring substituents is 1. The first-order chi connectivity index (χ1) is 9.90. The van der Waals surface area contributed by atoms with Crippen LogP contribution in [0.5, 0.6) is 5.75 Å². The average Bonchev–Trinajstić information content (AvgIpc) is 2.86. The van der Waals surface area contributed by atoms with Gasteiger partial charge in [-0.1, -0.05) is 0 Å². The van der Waals surface area contributed by atoms with E-state index in [0.29, 0.717) is 25.1 Å². The quantitative estimate of drug-likeness (QED) is 0.662. The number of rotatable bonds is 5. The summed E-state index contributed by atoms with van der Waals surface area (Å²) in [5.74, 6) is -1.61. The molecule has 2 rings (SSSR count). The summed E-state index contributed by atoms with van der Waals surface area (Å²) in [6.45, 7) is -2.77. The van der Waals surface area contributed by atoms with E-state index >= 15 is 0 Å². The maximum atomic E-state index is 12.3. The molecule has 0 saturated carbocycles. The van der Waals surface area contributed by atoms with E-state index in [1.807, 2.05) is 0 Å². The third kappa shape index (κ3) is 3.18. The SMILES string of the molecule is O=C(O)[C@@H]1CCCN1c1ccc([N+](=O)[O-])c(OC(F)F)c1. The van der Waals surface area contributed by atoms with E-state index in [1.54, 1.807) is 0 Å². The van der Waals surface area contributed by atoms with E-state index in [4.69, 9.17) is 5.11 Å². The van der Waals surface area contributed by atoms with Crippen molar-refractivity contribution >= 4 is 17.3 Å². The van der Waals surface area contributed by atoms with Gasteiger partial charge in [-0.05, 0) is 18.9 Å². The molecule has 1 saturated heterocycles. The number of alkyl halides is 2. The van der Waals surface area contributed by atoms with Crippen LogP contribution in [0.15, 0.2) is 18.2 Å². The highest BCUT2D eigenvalue weighted by Crippen LogP contribution is 2.35. The van der Waals surface area contributed by atoms with E-state index in [0.717, 1.165) is 12.1 Å². The normalized spacial score (nSPS) is 18.0. The highest BCUT2D eigenvalue weighted by atomic mass is 19.3. The monoisotopic (exact) mass is 302 g/mol. The zero-order chi connectivity index (χ0) is 15.6. The number of nitrogens with zero attached hydrogens (tertiary/aromatic N) is 2. The number of nitro groups is 1. The van der Waals surface area contributed by atoms with Gasteiger partial charge < -0.3 is 14.7 Å². The Labute approximate surface area is 117 Å². The van der Waals surface area contributed by atoms with Crippen molar-refractivity contribution in [1.82, 2.24) is 0 Å². The van der Waals surface area contributed by atoms with Crippen molar-refractivity contribution in [2.45, 2.75) is 25.5 Å². The Hall–Kier alpha value is -2.45. The first-order valence-corrected chi connectivity index (χ1v) is 6.13. The minimum absolute atomic E-state index is 0.307. The Kier molecular flexibility index (Phi) is 4.20. The van der Waals surface area contributed by atoms with Crippen LogP contribution in [0.3, 0.4) is 0 Å². The largest absolute Gasteiger partial charge is 0.480 e. The molecule has 1 atom stereocenters. The van der Waals surface area contributed by atoms with Gasteiger partial charge in [0, 0.05) is 24.4 Å². The molecule has 0 aromatic heterocycles. The van der Waals surface area contributed by atoms with Gasteiger partial charge in [0.1, 0.15) is 6.04 Å². The van der Waals surface area contributed by atoms with Crippen LogP contribution < -0.4 is 9.64 Å². The van der Waals surface area contributed by atoms with E-state index in [1.165, 1.54) is 11.0 Å². The Balaban J connectivity index is 2.37. The maximum absolute atomic E-state index is 12.3. The molecular formula is C12H12F2N2O5. The summed E-state index contributed by atoms with van der Waals surface area (Å²) in [4.78, 5) is 22.6. The summed E-state index contributed by atoms with van der Waals surface area (Å²) in [7, 11) is 0. The Morgan fingerprint density at radius 3 is 2.81 bits per heavy atom. The lowest BCUT2D eigenvalue weighted by atomic mass is 10.2. The van der Waals surface area contributed by atoms with Crippen molar-refractivity contribution < 1.29 is 28.3 Å². The van der Waals surface area contributed by atoms with Gasteiger partial charge in [-0.3, -0.25) is 10.1 Å². The number of hydrogen-bond acceptors (Lipinski definition) is 5. The van der Waals surface area contributed by atoms with E-state index in [2.05, 4.69) is 4.74 Å². The Bertz CT molecular complexity index is 567. The predicted molar refractivity (Wildman–Crippen MR) is 67.7 cm³/mol. The maximum Gasteiger partial charge on any atom is 0.387 e. The van der Waals surface area contributed by atoms with Crippen LogP contribution in [0, 0.1) is 10.1 Å². The lowest BCUT2D eigenvalue weighted by Crippen LogP contribution is -2.35. The van der Waals surface area contributed by atoms with Crippen molar-refractivity contribution in [3.63, 3.8) is 0 Å². The molecule has 1 fully saturated rings. The van der Waals surface area contributed by atoms with Crippen molar-refractivity contribution in [3.8, 4) is 5.75 Å². The lowest BCUT2D eigenvalue weighted by Gasteiger charge is -2.24. The van der Waals surface area contributed by atoms with Gasteiger partial charge in [-0.25, -0.2) is 4.79 Å². The third-order valence-corrected chi connectivity index (χ3v) is 3.23. The topological polar surface area (TPSA) is 92.9 Å². The Morgan fingerprint density at radius 2 is 2.24 bits per heavy atom. The van der Waals surface area contributed by atoms with Crippen molar-refractivity contribution in [3.05, 3.63) is 28.3 Å². The van der Waals surface area contributed by atoms with Gasteiger partial charge in [0.05, 0.1) is 4.92 Å². The fraction of sp³-hybridized carbons (Fsp3) is 0.417. The second-order valence-corrected chi connectivity index (χ2v) is 4.48. The zero-order valence-corrected chi connectivity index (χ0v) is 10.7. The van der Waals surface area contributed by atoms with Crippen molar-refractivity contribution in [2.75, 3.05) is 11.4 Å². The first-order valence-electron chi connectivity index (χ1n) is 6.13. The van der Waals surface area contributed by atoms with Gasteiger partial charge in [0.25, 0.3) is 0 Å². The Morgan fingerprint density at radius 1 is 1.52 bits per heavy atom. The van der Waals surface area contributed by atoms with Crippen LogP contribution in [0.2, 0.25) is 0 Å². The standard InChI is InChI=1S/C12H12F2N2O5/c13-12(14)21-10-6-7(3-4-8(10)16(19)20)15-5-1-2-9(15)11(17)18/h3-4,6,9,12H,1-2,5H2,(H,17,18)/t9-/m0/s1. The summed E-state index contributed by atoms with van der Waals surface area (Å²) < 4.78 is 28.8. The number of benzene rings is 1. The molecule has 0 radical (unpaired) electrons. The molecule has 0 amide bonds. The summed E-state index contributed by atoms with van der Waals surface area (Å²) in [5, 5.41) is 19.9. The van der Waals surface area contributed by atoms with Crippen LogP contribution in [0.1, 0.15) is 12.8 Å². The molecule has 1 aromatic carbocycles. The summed E-state index contributed by atoms with van der Waals surface area (Å²) in [5.41, 5.74) is -0.286. The molecule has 1 aliphatic rings. The lowest BCUT2D eigenvalue weighted by molar-refractivity contribution is -0.386. The van der Waals surface area contributed by atoms with Gasteiger partial charge >= 0.3 is 18.3 Å². The van der Waals surface area contributed by atoms with Gasteiger partial charge in [-0.2, -0.15) is 8.78 Å². The number of carbonyl (C=O) groups is 1. The molecule has 7 nitrogen and oxygen atoms in total.